The Morgan fingerprint density at radius 1 is 1.33 bits per heavy atom. The van der Waals surface area contributed by atoms with Crippen LogP contribution in [0.4, 0.5) is 11.6 Å². The molecule has 0 aliphatic heterocycles. The molecule has 1 aliphatic rings. The second kappa shape index (κ2) is 5.65. The van der Waals surface area contributed by atoms with E-state index in [1.165, 1.54) is 12.8 Å². The van der Waals surface area contributed by atoms with Gasteiger partial charge in [0.25, 0.3) is 0 Å². The average Bonchev–Trinajstić information content (AvgIpc) is 3.17. The Morgan fingerprint density at radius 2 is 2.00 bits per heavy atom. The standard InChI is InChI=1S/C12H20N4OS/c1-4-13-10-9(17-2)11(16-8-15-10)14-7-12(18-3)5-6-12/h8H,4-7H2,1-3H3,(H2,13,14,15,16). The lowest BCUT2D eigenvalue weighted by atomic mass is 10.4. The number of hydrogen-bond donors (Lipinski definition) is 2. The third-order valence-corrected chi connectivity index (χ3v) is 4.59. The molecule has 0 atom stereocenters. The van der Waals surface area contributed by atoms with Crippen LogP contribution in [-0.4, -0.2) is 41.2 Å². The number of thioether (sulfide) groups is 1. The van der Waals surface area contributed by atoms with Gasteiger partial charge < -0.3 is 15.4 Å². The molecular weight excluding hydrogens is 248 g/mol. The van der Waals surface area contributed by atoms with E-state index in [0.717, 1.165) is 24.7 Å². The zero-order valence-electron chi connectivity index (χ0n) is 11.1. The first-order chi connectivity index (χ1) is 8.74. The molecule has 1 heterocycles. The minimum atomic E-state index is 0.397. The number of aromatic nitrogens is 2. The van der Waals surface area contributed by atoms with Crippen molar-refractivity contribution in [3.63, 3.8) is 0 Å². The van der Waals surface area contributed by atoms with Crippen LogP contribution in [0.2, 0.25) is 0 Å². The zero-order chi connectivity index (χ0) is 13.0. The third kappa shape index (κ3) is 2.80. The lowest BCUT2D eigenvalue weighted by Crippen LogP contribution is -2.19. The predicted molar refractivity (Wildman–Crippen MR) is 76.7 cm³/mol. The fourth-order valence-electron chi connectivity index (χ4n) is 1.82. The summed E-state index contributed by atoms with van der Waals surface area (Å²) in [4.78, 5) is 8.45. The number of methoxy groups -OCH3 is 1. The molecule has 1 saturated carbocycles. The molecule has 0 aromatic carbocycles. The number of nitrogens with zero attached hydrogens (tertiary/aromatic N) is 2. The summed E-state index contributed by atoms with van der Waals surface area (Å²) >= 11 is 1.92. The Morgan fingerprint density at radius 3 is 2.50 bits per heavy atom. The van der Waals surface area contributed by atoms with E-state index in [0.29, 0.717) is 10.5 Å². The average molecular weight is 268 g/mol. The summed E-state index contributed by atoms with van der Waals surface area (Å²) < 4.78 is 5.79. The smallest absolute Gasteiger partial charge is 0.204 e. The predicted octanol–water partition coefficient (Wildman–Crippen LogP) is 2.22. The lowest BCUT2D eigenvalue weighted by molar-refractivity contribution is 0.414. The monoisotopic (exact) mass is 268 g/mol. The van der Waals surface area contributed by atoms with E-state index in [-0.39, 0.29) is 0 Å². The molecule has 0 amide bonds. The van der Waals surface area contributed by atoms with Gasteiger partial charge in [0.05, 0.1) is 7.11 Å². The fourth-order valence-corrected chi connectivity index (χ4v) is 2.55. The Kier molecular flexibility index (Phi) is 4.16. The summed E-state index contributed by atoms with van der Waals surface area (Å²) in [5.41, 5.74) is 0. The van der Waals surface area contributed by atoms with Crippen LogP contribution in [0, 0.1) is 0 Å². The highest BCUT2D eigenvalue weighted by Crippen LogP contribution is 2.47. The quantitative estimate of drug-likeness (QED) is 0.791. The van der Waals surface area contributed by atoms with Gasteiger partial charge in [-0.1, -0.05) is 0 Å². The van der Waals surface area contributed by atoms with Crippen LogP contribution in [0.15, 0.2) is 6.33 Å². The van der Waals surface area contributed by atoms with Crippen molar-refractivity contribution in [2.45, 2.75) is 24.5 Å². The van der Waals surface area contributed by atoms with Gasteiger partial charge in [0.2, 0.25) is 5.75 Å². The van der Waals surface area contributed by atoms with Gasteiger partial charge in [-0.3, -0.25) is 0 Å². The maximum absolute atomic E-state index is 5.39. The van der Waals surface area contributed by atoms with E-state index in [4.69, 9.17) is 4.74 Å². The molecule has 5 nitrogen and oxygen atoms in total. The van der Waals surface area contributed by atoms with E-state index in [1.807, 2.05) is 18.7 Å². The number of anilines is 2. The molecule has 2 N–H and O–H groups in total. The molecule has 0 radical (unpaired) electrons. The second-order valence-corrected chi connectivity index (χ2v) is 5.65. The topological polar surface area (TPSA) is 59.1 Å². The lowest BCUT2D eigenvalue weighted by Gasteiger charge is -2.16. The van der Waals surface area contributed by atoms with Crippen LogP contribution < -0.4 is 15.4 Å². The minimum Gasteiger partial charge on any atom is -0.490 e. The maximum Gasteiger partial charge on any atom is 0.204 e. The van der Waals surface area contributed by atoms with Gasteiger partial charge in [0.1, 0.15) is 6.33 Å². The van der Waals surface area contributed by atoms with Crippen molar-refractivity contribution in [2.75, 3.05) is 37.1 Å². The number of hydrogen-bond acceptors (Lipinski definition) is 6. The summed E-state index contributed by atoms with van der Waals surface area (Å²) in [6.07, 6.45) is 6.26. The van der Waals surface area contributed by atoms with Gasteiger partial charge in [-0.05, 0) is 26.0 Å². The molecule has 0 saturated heterocycles. The first-order valence-electron chi connectivity index (χ1n) is 6.16. The Balaban J connectivity index is 2.09. The molecule has 1 fully saturated rings. The van der Waals surface area contributed by atoms with Gasteiger partial charge in [-0.15, -0.1) is 0 Å². The molecule has 1 aromatic rings. The number of rotatable bonds is 7. The summed E-state index contributed by atoms with van der Waals surface area (Å²) in [6.45, 7) is 3.76. The third-order valence-electron chi connectivity index (χ3n) is 3.17. The molecule has 0 unspecified atom stereocenters. The molecule has 1 aromatic heterocycles. The summed E-state index contributed by atoms with van der Waals surface area (Å²) in [5, 5.41) is 6.55. The normalized spacial score (nSPS) is 16.2. The summed E-state index contributed by atoms with van der Waals surface area (Å²) in [7, 11) is 1.65. The number of nitrogens with one attached hydrogen (secondary N) is 2. The fraction of sp³-hybridized carbons (Fsp3) is 0.667. The van der Waals surface area contributed by atoms with Crippen LogP contribution in [0.5, 0.6) is 5.75 Å². The maximum atomic E-state index is 5.39. The molecule has 18 heavy (non-hydrogen) atoms. The van der Waals surface area contributed by atoms with Gasteiger partial charge in [0.15, 0.2) is 11.6 Å². The van der Waals surface area contributed by atoms with E-state index < -0.39 is 0 Å². The van der Waals surface area contributed by atoms with Gasteiger partial charge in [0, 0.05) is 17.8 Å². The van der Waals surface area contributed by atoms with E-state index in [2.05, 4.69) is 26.9 Å². The highest BCUT2D eigenvalue weighted by Gasteiger charge is 2.41. The Hall–Kier alpha value is -1.17. The molecule has 1 aliphatic carbocycles. The van der Waals surface area contributed by atoms with Crippen molar-refractivity contribution in [3.05, 3.63) is 6.33 Å². The molecule has 100 valence electrons. The highest BCUT2D eigenvalue weighted by molar-refractivity contribution is 8.00. The largest absolute Gasteiger partial charge is 0.490 e. The highest BCUT2D eigenvalue weighted by atomic mass is 32.2. The minimum absolute atomic E-state index is 0.397. The molecular formula is C12H20N4OS. The van der Waals surface area contributed by atoms with Gasteiger partial charge >= 0.3 is 0 Å². The molecule has 0 bridgehead atoms. The van der Waals surface area contributed by atoms with Crippen molar-refractivity contribution in [2.24, 2.45) is 0 Å². The van der Waals surface area contributed by atoms with Crippen molar-refractivity contribution in [1.82, 2.24) is 9.97 Å². The van der Waals surface area contributed by atoms with Gasteiger partial charge in [-0.25, -0.2) is 9.97 Å². The molecule has 0 spiro atoms. The molecule has 6 heteroatoms. The van der Waals surface area contributed by atoms with Crippen LogP contribution in [0.25, 0.3) is 0 Å². The Bertz CT molecular complexity index is 409. The number of ether oxygens (including phenoxy) is 1. The second-order valence-electron chi connectivity index (χ2n) is 4.38. The van der Waals surface area contributed by atoms with E-state index in [1.54, 1.807) is 13.4 Å². The van der Waals surface area contributed by atoms with Crippen LogP contribution in [0.3, 0.4) is 0 Å². The van der Waals surface area contributed by atoms with Crippen LogP contribution in [-0.2, 0) is 0 Å². The summed E-state index contributed by atoms with van der Waals surface area (Å²) in [6, 6.07) is 0. The SMILES string of the molecule is CCNc1ncnc(NCC2(SC)CC2)c1OC. The van der Waals surface area contributed by atoms with Crippen molar-refractivity contribution in [3.8, 4) is 5.75 Å². The van der Waals surface area contributed by atoms with E-state index >= 15 is 0 Å². The van der Waals surface area contributed by atoms with Crippen molar-refractivity contribution < 1.29 is 4.74 Å². The Labute approximate surface area is 112 Å². The van der Waals surface area contributed by atoms with E-state index in [9.17, 15) is 0 Å². The summed E-state index contributed by atoms with van der Waals surface area (Å²) in [5.74, 6) is 2.20. The van der Waals surface area contributed by atoms with Crippen LogP contribution in [0.1, 0.15) is 19.8 Å². The van der Waals surface area contributed by atoms with Crippen molar-refractivity contribution in [1.29, 1.82) is 0 Å². The first kappa shape index (κ1) is 13.3. The van der Waals surface area contributed by atoms with Crippen molar-refractivity contribution >= 4 is 23.4 Å². The first-order valence-corrected chi connectivity index (χ1v) is 7.39. The zero-order valence-corrected chi connectivity index (χ0v) is 11.9. The van der Waals surface area contributed by atoms with Gasteiger partial charge in [-0.2, -0.15) is 11.8 Å². The molecule has 2 rings (SSSR count). The van der Waals surface area contributed by atoms with Crippen LogP contribution >= 0.6 is 11.8 Å².